The van der Waals surface area contributed by atoms with Gasteiger partial charge in [-0.3, -0.25) is 0 Å². The lowest BCUT2D eigenvalue weighted by Crippen LogP contribution is -2.47. The predicted octanol–water partition coefficient (Wildman–Crippen LogP) is 1.23. The molecule has 19 heavy (non-hydrogen) atoms. The maximum Gasteiger partial charge on any atom is 0.352 e. The summed E-state index contributed by atoms with van der Waals surface area (Å²) in [5.41, 5.74) is -0.120. The molecule has 2 N–H and O–H groups in total. The van der Waals surface area contributed by atoms with Crippen LogP contribution in [-0.4, -0.2) is 52.4 Å². The highest BCUT2D eigenvalue weighted by Crippen LogP contribution is 2.29. The fourth-order valence-corrected chi connectivity index (χ4v) is 5.02. The Morgan fingerprint density at radius 1 is 1.53 bits per heavy atom. The number of aromatic amines is 1. The number of carbonyl (C=O) groups is 1. The van der Waals surface area contributed by atoms with Gasteiger partial charge in [0.15, 0.2) is 0 Å². The maximum absolute atomic E-state index is 12.5. The van der Waals surface area contributed by atoms with Gasteiger partial charge in [0, 0.05) is 29.8 Å². The SMILES string of the molecule is CC1SCCN(S(=O)(=O)c2c[nH]c(C(=O)O)c2)C1C. The molecule has 1 aromatic heterocycles. The number of carboxylic acid groups (broad SMARTS) is 1. The van der Waals surface area contributed by atoms with Crippen LogP contribution in [0.2, 0.25) is 0 Å². The number of sulfonamides is 1. The van der Waals surface area contributed by atoms with Crippen LogP contribution in [0.1, 0.15) is 24.3 Å². The van der Waals surface area contributed by atoms with Gasteiger partial charge in [0.25, 0.3) is 0 Å². The molecule has 1 saturated heterocycles. The summed E-state index contributed by atoms with van der Waals surface area (Å²) >= 11 is 1.74. The maximum atomic E-state index is 12.5. The standard InChI is InChI=1S/C11H16N2O4S2/c1-7-8(2)18-4-3-13(7)19(16,17)9-5-10(11(14)15)12-6-9/h5-8,12H,3-4H2,1-2H3,(H,14,15). The number of rotatable bonds is 3. The Bertz CT molecular complexity index is 581. The van der Waals surface area contributed by atoms with Gasteiger partial charge in [-0.2, -0.15) is 16.1 Å². The molecule has 0 spiro atoms. The minimum Gasteiger partial charge on any atom is -0.477 e. The van der Waals surface area contributed by atoms with E-state index in [0.29, 0.717) is 6.54 Å². The fraction of sp³-hybridized carbons (Fsp3) is 0.545. The Kier molecular flexibility index (Phi) is 3.93. The summed E-state index contributed by atoms with van der Waals surface area (Å²) in [4.78, 5) is 13.3. The number of thioether (sulfide) groups is 1. The molecular formula is C11H16N2O4S2. The van der Waals surface area contributed by atoms with Crippen molar-refractivity contribution in [2.75, 3.05) is 12.3 Å². The summed E-state index contributed by atoms with van der Waals surface area (Å²) < 4.78 is 26.4. The molecule has 0 radical (unpaired) electrons. The van der Waals surface area contributed by atoms with Crippen molar-refractivity contribution in [2.45, 2.75) is 30.0 Å². The van der Waals surface area contributed by atoms with Crippen LogP contribution in [0.25, 0.3) is 0 Å². The first-order chi connectivity index (χ1) is 8.84. The minimum absolute atomic E-state index is 0.0100. The van der Waals surface area contributed by atoms with E-state index >= 15 is 0 Å². The molecule has 2 heterocycles. The molecule has 106 valence electrons. The third-order valence-electron chi connectivity index (χ3n) is 3.32. The summed E-state index contributed by atoms with van der Waals surface area (Å²) in [5, 5.41) is 9.05. The van der Waals surface area contributed by atoms with Crippen LogP contribution < -0.4 is 0 Å². The van der Waals surface area contributed by atoms with E-state index in [0.717, 1.165) is 11.8 Å². The first kappa shape index (κ1) is 14.4. The quantitative estimate of drug-likeness (QED) is 0.876. The van der Waals surface area contributed by atoms with Crippen LogP contribution in [0.3, 0.4) is 0 Å². The molecule has 1 aliphatic rings. The van der Waals surface area contributed by atoms with Crippen molar-refractivity contribution in [3.05, 3.63) is 18.0 Å². The molecule has 0 bridgehead atoms. The van der Waals surface area contributed by atoms with Gasteiger partial charge in [0.2, 0.25) is 10.0 Å². The minimum atomic E-state index is -3.63. The normalized spacial score (nSPS) is 25.4. The van der Waals surface area contributed by atoms with Crippen LogP contribution in [0.4, 0.5) is 0 Å². The molecule has 1 aromatic rings. The van der Waals surface area contributed by atoms with E-state index in [-0.39, 0.29) is 21.9 Å². The molecule has 2 rings (SSSR count). The monoisotopic (exact) mass is 304 g/mol. The van der Waals surface area contributed by atoms with Crippen molar-refractivity contribution < 1.29 is 18.3 Å². The summed E-state index contributed by atoms with van der Waals surface area (Å²) in [7, 11) is -3.63. The Hall–Kier alpha value is -0.990. The predicted molar refractivity (Wildman–Crippen MR) is 73.0 cm³/mol. The van der Waals surface area contributed by atoms with Crippen molar-refractivity contribution in [1.29, 1.82) is 0 Å². The molecule has 0 amide bonds. The van der Waals surface area contributed by atoms with E-state index < -0.39 is 16.0 Å². The highest BCUT2D eigenvalue weighted by atomic mass is 32.2. The van der Waals surface area contributed by atoms with Crippen molar-refractivity contribution in [3.63, 3.8) is 0 Å². The van der Waals surface area contributed by atoms with Gasteiger partial charge in [-0.1, -0.05) is 6.92 Å². The molecule has 0 saturated carbocycles. The number of aromatic nitrogens is 1. The van der Waals surface area contributed by atoms with E-state index in [1.165, 1.54) is 10.5 Å². The molecule has 0 aliphatic carbocycles. The van der Waals surface area contributed by atoms with Crippen LogP contribution in [0.15, 0.2) is 17.2 Å². The van der Waals surface area contributed by atoms with Crippen molar-refractivity contribution >= 4 is 27.8 Å². The summed E-state index contributed by atoms with van der Waals surface area (Å²) in [6, 6.07) is 1.06. The average molecular weight is 304 g/mol. The van der Waals surface area contributed by atoms with E-state index in [1.54, 1.807) is 11.8 Å². The Morgan fingerprint density at radius 2 is 2.21 bits per heavy atom. The van der Waals surface area contributed by atoms with Crippen LogP contribution in [-0.2, 0) is 10.0 Å². The number of H-pyrrole nitrogens is 1. The van der Waals surface area contributed by atoms with Crippen LogP contribution >= 0.6 is 11.8 Å². The zero-order chi connectivity index (χ0) is 14.2. The second-order valence-electron chi connectivity index (χ2n) is 4.49. The fourth-order valence-electron chi connectivity index (χ4n) is 2.03. The molecular weight excluding hydrogens is 288 g/mol. The largest absolute Gasteiger partial charge is 0.477 e. The third-order valence-corrected chi connectivity index (χ3v) is 6.62. The van der Waals surface area contributed by atoms with Crippen molar-refractivity contribution in [2.24, 2.45) is 0 Å². The van der Waals surface area contributed by atoms with Gasteiger partial charge in [-0.15, -0.1) is 0 Å². The topological polar surface area (TPSA) is 90.5 Å². The van der Waals surface area contributed by atoms with Crippen LogP contribution in [0, 0.1) is 0 Å². The first-order valence-corrected chi connectivity index (χ1v) is 8.38. The Balaban J connectivity index is 2.33. The molecule has 0 aromatic carbocycles. The second-order valence-corrected chi connectivity index (χ2v) is 7.86. The van der Waals surface area contributed by atoms with Crippen molar-refractivity contribution in [3.8, 4) is 0 Å². The van der Waals surface area contributed by atoms with E-state index in [9.17, 15) is 13.2 Å². The third kappa shape index (κ3) is 2.65. The van der Waals surface area contributed by atoms with Gasteiger partial charge in [0.05, 0.1) is 0 Å². The lowest BCUT2D eigenvalue weighted by Gasteiger charge is -2.36. The summed E-state index contributed by atoms with van der Waals surface area (Å²) in [6.45, 7) is 4.32. The van der Waals surface area contributed by atoms with Gasteiger partial charge >= 0.3 is 5.97 Å². The van der Waals surface area contributed by atoms with Gasteiger partial charge in [-0.05, 0) is 13.0 Å². The summed E-state index contributed by atoms with van der Waals surface area (Å²) in [5.74, 6) is -0.418. The smallest absolute Gasteiger partial charge is 0.352 e. The number of hydrogen-bond acceptors (Lipinski definition) is 4. The average Bonchev–Trinajstić information content (AvgIpc) is 2.82. The Labute approximate surface area is 116 Å². The lowest BCUT2D eigenvalue weighted by molar-refractivity contribution is 0.0691. The number of aromatic carboxylic acids is 1. The van der Waals surface area contributed by atoms with E-state index in [4.69, 9.17) is 5.11 Å². The van der Waals surface area contributed by atoms with Crippen LogP contribution in [0.5, 0.6) is 0 Å². The van der Waals surface area contributed by atoms with Gasteiger partial charge in [-0.25, -0.2) is 13.2 Å². The Morgan fingerprint density at radius 3 is 2.79 bits per heavy atom. The van der Waals surface area contributed by atoms with E-state index in [1.807, 2.05) is 13.8 Å². The molecule has 6 nitrogen and oxygen atoms in total. The number of nitrogens with one attached hydrogen (secondary N) is 1. The van der Waals surface area contributed by atoms with Crippen molar-refractivity contribution in [1.82, 2.24) is 9.29 Å². The zero-order valence-corrected chi connectivity index (χ0v) is 12.3. The highest BCUT2D eigenvalue weighted by Gasteiger charge is 2.35. The van der Waals surface area contributed by atoms with Gasteiger partial charge < -0.3 is 10.1 Å². The molecule has 2 unspecified atom stereocenters. The number of nitrogens with zero attached hydrogens (tertiary/aromatic N) is 1. The van der Waals surface area contributed by atoms with E-state index in [2.05, 4.69) is 4.98 Å². The molecule has 1 fully saturated rings. The van der Waals surface area contributed by atoms with Gasteiger partial charge in [0.1, 0.15) is 10.6 Å². The number of carboxylic acids is 1. The zero-order valence-electron chi connectivity index (χ0n) is 10.7. The molecule has 8 heteroatoms. The molecule has 1 aliphatic heterocycles. The number of hydrogen-bond donors (Lipinski definition) is 2. The lowest BCUT2D eigenvalue weighted by atomic mass is 10.2. The molecule has 2 atom stereocenters. The summed E-state index contributed by atoms with van der Waals surface area (Å²) in [6.07, 6.45) is 1.23. The second kappa shape index (κ2) is 5.18. The highest BCUT2D eigenvalue weighted by molar-refractivity contribution is 8.00. The first-order valence-electron chi connectivity index (χ1n) is 5.89.